The molecule has 0 aliphatic heterocycles. The maximum Gasteiger partial charge on any atom is 0.227 e. The molecule has 0 N–H and O–H groups in total. The van der Waals surface area contributed by atoms with E-state index in [1.165, 1.54) is 33.0 Å². The highest BCUT2D eigenvalue weighted by Crippen LogP contribution is 2.52. The first-order valence-electron chi connectivity index (χ1n) is 21.0. The number of rotatable bonds is 6. The summed E-state index contributed by atoms with van der Waals surface area (Å²) in [4.78, 5) is 20.0. The SMILES string of the molecule is CC1(C)c2ccc(-c3cc4c5ccccc5n(-c5cccc(-c6nc(-c7ccccc7)nc(-c7ccccc7)n6)c5)c4c4c3=C=4)cc2-c2c1ccc1nc(-c3ccccc3)oc21. The second-order valence-corrected chi connectivity index (χ2v) is 16.7. The van der Waals surface area contributed by atoms with Crippen LogP contribution in [0, 0.1) is 0 Å². The average molecular weight is 794 g/mol. The van der Waals surface area contributed by atoms with Gasteiger partial charge in [0.1, 0.15) is 5.52 Å². The lowest BCUT2D eigenvalue weighted by molar-refractivity contribution is 0.618. The number of para-hydroxylation sites is 1. The van der Waals surface area contributed by atoms with Crippen LogP contribution in [0.5, 0.6) is 0 Å². The molecule has 13 rings (SSSR count). The molecular formula is C56H35N5O. The molecule has 0 saturated carbocycles. The molecule has 62 heavy (non-hydrogen) atoms. The van der Waals surface area contributed by atoms with Crippen LogP contribution in [-0.4, -0.2) is 24.5 Å². The molecule has 11 aromatic rings. The zero-order valence-electron chi connectivity index (χ0n) is 33.9. The fourth-order valence-electron chi connectivity index (χ4n) is 9.66. The minimum Gasteiger partial charge on any atom is -0.435 e. The Morgan fingerprint density at radius 2 is 1.11 bits per heavy atom. The summed E-state index contributed by atoms with van der Waals surface area (Å²) in [5.74, 6) is 2.54. The Kier molecular flexibility index (Phi) is 7.22. The van der Waals surface area contributed by atoms with Crippen LogP contribution in [0.2, 0.25) is 0 Å². The van der Waals surface area contributed by atoms with Crippen molar-refractivity contribution in [2.45, 2.75) is 19.3 Å². The van der Waals surface area contributed by atoms with Gasteiger partial charge in [-0.25, -0.2) is 19.9 Å². The van der Waals surface area contributed by atoms with Crippen LogP contribution in [0.1, 0.15) is 25.0 Å². The number of oxazole rings is 1. The van der Waals surface area contributed by atoms with Gasteiger partial charge in [-0.3, -0.25) is 0 Å². The van der Waals surface area contributed by atoms with E-state index >= 15 is 0 Å². The highest BCUT2D eigenvalue weighted by atomic mass is 16.3. The summed E-state index contributed by atoms with van der Waals surface area (Å²) < 4.78 is 9.00. The van der Waals surface area contributed by atoms with Crippen LogP contribution in [0.15, 0.2) is 180 Å². The third-order valence-corrected chi connectivity index (χ3v) is 12.7. The summed E-state index contributed by atoms with van der Waals surface area (Å²) in [5, 5.41) is 4.67. The van der Waals surface area contributed by atoms with Crippen molar-refractivity contribution in [3.63, 3.8) is 0 Å². The molecule has 0 fully saturated rings. The summed E-state index contributed by atoms with van der Waals surface area (Å²) >= 11 is 0. The number of nitrogens with zero attached hydrogens (tertiary/aromatic N) is 5. The lowest BCUT2D eigenvalue weighted by atomic mass is 9.82. The number of hydrogen-bond donors (Lipinski definition) is 0. The first kappa shape index (κ1) is 34.7. The van der Waals surface area contributed by atoms with E-state index in [1.807, 2.05) is 91.0 Å². The Balaban J connectivity index is 0.955. The Labute approximate surface area is 356 Å². The summed E-state index contributed by atoms with van der Waals surface area (Å²) in [5.41, 5.74) is 19.5. The standard InChI is InChI=1S/C56H35N5O/c1-56(2)45-26-25-36(30-44(45)49-46(56)27-28-47-51(49)62-55(57-47)35-19-10-5-11-20-35)40-31-42-39-23-12-13-24-48(39)61(50(42)43-32-41(40)43)38-22-14-21-37(29-38)54-59-52(33-15-6-3-7-16-33)58-53(60-54)34-17-8-4-9-18-34/h3-31H,1-2H3. The average Bonchev–Trinajstić information content (AvgIpc) is 3.81. The van der Waals surface area contributed by atoms with Crippen LogP contribution in [-0.2, 0) is 5.41 Å². The highest BCUT2D eigenvalue weighted by Gasteiger charge is 2.38. The van der Waals surface area contributed by atoms with Gasteiger partial charge in [0.2, 0.25) is 5.89 Å². The third-order valence-electron chi connectivity index (χ3n) is 12.7. The van der Waals surface area contributed by atoms with Crippen molar-refractivity contribution in [3.05, 3.63) is 197 Å². The van der Waals surface area contributed by atoms with E-state index in [4.69, 9.17) is 24.4 Å². The van der Waals surface area contributed by atoms with Gasteiger partial charge in [-0.05, 0) is 76.3 Å². The first-order valence-corrected chi connectivity index (χ1v) is 21.0. The molecule has 2 aliphatic rings. The molecule has 0 spiro atoms. The maximum atomic E-state index is 6.63. The smallest absolute Gasteiger partial charge is 0.227 e. The second kappa shape index (κ2) is 12.9. The van der Waals surface area contributed by atoms with E-state index in [1.54, 1.807) is 0 Å². The Morgan fingerprint density at radius 3 is 1.84 bits per heavy atom. The van der Waals surface area contributed by atoms with E-state index in [0.717, 1.165) is 71.6 Å². The van der Waals surface area contributed by atoms with Gasteiger partial charge in [0, 0.05) is 54.9 Å². The van der Waals surface area contributed by atoms with Gasteiger partial charge >= 0.3 is 0 Å². The molecule has 0 bridgehead atoms. The first-order chi connectivity index (χ1) is 30.5. The summed E-state index contributed by atoms with van der Waals surface area (Å²) in [6.45, 7) is 4.61. The van der Waals surface area contributed by atoms with Gasteiger partial charge in [-0.1, -0.05) is 147 Å². The van der Waals surface area contributed by atoms with Crippen molar-refractivity contribution < 1.29 is 4.42 Å². The molecule has 3 aromatic heterocycles. The fraction of sp³-hybridized carbons (Fsp3) is 0.0536. The molecule has 0 unspecified atom stereocenters. The molecule has 2 aliphatic carbocycles. The van der Waals surface area contributed by atoms with Gasteiger partial charge in [0.25, 0.3) is 0 Å². The Hall–Kier alpha value is -8.18. The van der Waals surface area contributed by atoms with Crippen molar-refractivity contribution in [2.75, 3.05) is 0 Å². The van der Waals surface area contributed by atoms with Crippen molar-refractivity contribution in [1.82, 2.24) is 24.5 Å². The monoisotopic (exact) mass is 793 g/mol. The van der Waals surface area contributed by atoms with E-state index in [0.29, 0.717) is 23.4 Å². The molecule has 0 amide bonds. The van der Waals surface area contributed by atoms with Crippen LogP contribution < -0.4 is 10.4 Å². The van der Waals surface area contributed by atoms with E-state index in [9.17, 15) is 0 Å². The number of fused-ring (bicyclic) bond motifs is 10. The lowest BCUT2D eigenvalue weighted by Crippen LogP contribution is -2.15. The van der Waals surface area contributed by atoms with E-state index in [2.05, 4.69) is 109 Å². The maximum absolute atomic E-state index is 6.63. The van der Waals surface area contributed by atoms with Gasteiger partial charge in [0.15, 0.2) is 23.1 Å². The zero-order chi connectivity index (χ0) is 41.1. The Bertz CT molecular complexity index is 3750. The van der Waals surface area contributed by atoms with Gasteiger partial charge in [-0.2, -0.15) is 0 Å². The molecular weight excluding hydrogens is 759 g/mol. The van der Waals surface area contributed by atoms with Crippen LogP contribution in [0.25, 0.3) is 112 Å². The summed E-state index contributed by atoms with van der Waals surface area (Å²) in [6, 6.07) is 61.3. The normalized spacial score (nSPS) is 13.1. The molecule has 6 heteroatoms. The van der Waals surface area contributed by atoms with E-state index in [-0.39, 0.29) is 5.41 Å². The highest BCUT2D eigenvalue weighted by molar-refractivity contribution is 6.12. The Morgan fingerprint density at radius 1 is 0.484 bits per heavy atom. The van der Waals surface area contributed by atoms with Crippen molar-refractivity contribution in [2.24, 2.45) is 0 Å². The topological polar surface area (TPSA) is 69.6 Å². The quantitative estimate of drug-likeness (QED) is 0.168. The number of hydrogen-bond acceptors (Lipinski definition) is 5. The van der Waals surface area contributed by atoms with Crippen molar-refractivity contribution in [1.29, 1.82) is 0 Å². The molecule has 0 radical (unpaired) electrons. The molecule has 0 saturated heterocycles. The van der Waals surface area contributed by atoms with Crippen LogP contribution >= 0.6 is 0 Å². The van der Waals surface area contributed by atoms with E-state index < -0.39 is 0 Å². The number of aromatic nitrogens is 5. The molecule has 0 atom stereocenters. The van der Waals surface area contributed by atoms with Crippen LogP contribution in [0.4, 0.5) is 0 Å². The van der Waals surface area contributed by atoms with Gasteiger partial charge < -0.3 is 8.98 Å². The molecule has 8 aromatic carbocycles. The summed E-state index contributed by atoms with van der Waals surface area (Å²) in [6.07, 6.45) is 0. The van der Waals surface area contributed by atoms with Gasteiger partial charge in [0.05, 0.1) is 16.3 Å². The zero-order valence-corrected chi connectivity index (χ0v) is 33.9. The fourth-order valence-corrected chi connectivity index (χ4v) is 9.66. The third kappa shape index (κ3) is 5.17. The predicted molar refractivity (Wildman–Crippen MR) is 248 cm³/mol. The molecule has 6 nitrogen and oxygen atoms in total. The minimum atomic E-state index is -0.192. The van der Waals surface area contributed by atoms with Crippen LogP contribution in [0.3, 0.4) is 0 Å². The minimum absolute atomic E-state index is 0.192. The number of benzene rings is 8. The molecule has 3 heterocycles. The predicted octanol–water partition coefficient (Wildman–Crippen LogP) is 11.8. The molecule has 290 valence electrons. The lowest BCUT2D eigenvalue weighted by Gasteiger charge is -2.21. The largest absolute Gasteiger partial charge is 0.435 e. The summed E-state index contributed by atoms with van der Waals surface area (Å²) in [7, 11) is 0. The second-order valence-electron chi connectivity index (χ2n) is 16.7. The van der Waals surface area contributed by atoms with Gasteiger partial charge in [-0.15, -0.1) is 0 Å². The van der Waals surface area contributed by atoms with Crippen molar-refractivity contribution in [3.8, 4) is 73.6 Å². The van der Waals surface area contributed by atoms with Crippen molar-refractivity contribution >= 4 is 38.6 Å².